The standard InChI is InChI=1S/C11H21NO3S/c13-9-11(5-3-6-12-11)8-10-4-1-2-7-16(10,14)15/h10,12-13H,1-9H2. The van der Waals surface area contributed by atoms with Crippen molar-refractivity contribution >= 4 is 9.84 Å². The van der Waals surface area contributed by atoms with Gasteiger partial charge < -0.3 is 10.4 Å². The fourth-order valence-corrected chi connectivity index (χ4v) is 4.97. The summed E-state index contributed by atoms with van der Waals surface area (Å²) in [6.07, 6.45) is 5.10. The van der Waals surface area contributed by atoms with Crippen molar-refractivity contribution in [3.05, 3.63) is 0 Å². The van der Waals surface area contributed by atoms with Gasteiger partial charge in [0.25, 0.3) is 0 Å². The van der Waals surface area contributed by atoms with E-state index in [4.69, 9.17) is 0 Å². The van der Waals surface area contributed by atoms with E-state index < -0.39 is 9.84 Å². The number of nitrogens with one attached hydrogen (secondary N) is 1. The normalized spacial score (nSPS) is 38.7. The van der Waals surface area contributed by atoms with Crippen molar-refractivity contribution < 1.29 is 13.5 Å². The van der Waals surface area contributed by atoms with Crippen molar-refractivity contribution in [3.63, 3.8) is 0 Å². The van der Waals surface area contributed by atoms with Crippen molar-refractivity contribution in [3.8, 4) is 0 Å². The average molecular weight is 247 g/mol. The molecule has 0 aromatic carbocycles. The summed E-state index contributed by atoms with van der Waals surface area (Å²) in [6.45, 7) is 0.951. The summed E-state index contributed by atoms with van der Waals surface area (Å²) in [5.74, 6) is 0.333. The molecule has 0 aliphatic carbocycles. The Morgan fingerprint density at radius 2 is 2.12 bits per heavy atom. The first-order valence-electron chi connectivity index (χ1n) is 6.15. The Labute approximate surface area is 97.3 Å². The van der Waals surface area contributed by atoms with Crippen LogP contribution in [0.3, 0.4) is 0 Å². The third-order valence-electron chi connectivity index (χ3n) is 3.97. The van der Waals surface area contributed by atoms with E-state index in [2.05, 4.69) is 5.32 Å². The maximum Gasteiger partial charge on any atom is 0.153 e. The molecule has 2 aliphatic rings. The number of aliphatic hydroxyl groups excluding tert-OH is 1. The second kappa shape index (κ2) is 4.63. The number of sulfone groups is 1. The zero-order chi connectivity index (χ0) is 11.6. The maximum absolute atomic E-state index is 11.9. The van der Waals surface area contributed by atoms with Crippen LogP contribution < -0.4 is 5.32 Å². The molecule has 0 bridgehead atoms. The molecule has 5 heteroatoms. The summed E-state index contributed by atoms with van der Waals surface area (Å²) >= 11 is 0. The Morgan fingerprint density at radius 3 is 2.69 bits per heavy atom. The molecule has 2 N–H and O–H groups in total. The molecule has 0 spiro atoms. The molecule has 0 saturated carbocycles. The summed E-state index contributed by atoms with van der Waals surface area (Å²) in [6, 6.07) is 0. The van der Waals surface area contributed by atoms with E-state index in [1.165, 1.54) is 0 Å². The van der Waals surface area contributed by atoms with E-state index in [9.17, 15) is 13.5 Å². The molecule has 2 saturated heterocycles. The Bertz CT molecular complexity index is 333. The fourth-order valence-electron chi connectivity index (χ4n) is 2.93. The topological polar surface area (TPSA) is 66.4 Å². The smallest absolute Gasteiger partial charge is 0.153 e. The van der Waals surface area contributed by atoms with Crippen LogP contribution in [0.2, 0.25) is 0 Å². The number of aliphatic hydroxyl groups is 1. The van der Waals surface area contributed by atoms with Crippen LogP contribution in [-0.2, 0) is 9.84 Å². The molecule has 16 heavy (non-hydrogen) atoms. The summed E-state index contributed by atoms with van der Waals surface area (Å²) in [4.78, 5) is 0. The average Bonchev–Trinajstić information content (AvgIpc) is 2.71. The predicted octanol–water partition coefficient (Wildman–Crippen LogP) is 0.458. The van der Waals surface area contributed by atoms with Crippen molar-refractivity contribution in [2.24, 2.45) is 0 Å². The molecule has 0 amide bonds. The van der Waals surface area contributed by atoms with Gasteiger partial charge in [0.1, 0.15) is 0 Å². The Balaban J connectivity index is 2.07. The molecular formula is C11H21NO3S. The largest absolute Gasteiger partial charge is 0.394 e. The van der Waals surface area contributed by atoms with Crippen LogP contribution in [0.25, 0.3) is 0 Å². The molecule has 2 unspecified atom stereocenters. The second-order valence-electron chi connectivity index (χ2n) is 5.16. The minimum atomic E-state index is -2.91. The minimum Gasteiger partial charge on any atom is -0.394 e. The van der Waals surface area contributed by atoms with Gasteiger partial charge in [-0.05, 0) is 38.6 Å². The van der Waals surface area contributed by atoms with Gasteiger partial charge in [-0.15, -0.1) is 0 Å². The Hall–Kier alpha value is -0.130. The molecule has 2 atom stereocenters. The highest BCUT2D eigenvalue weighted by molar-refractivity contribution is 7.92. The summed E-state index contributed by atoms with van der Waals surface area (Å²) in [5, 5.41) is 12.5. The van der Waals surface area contributed by atoms with Gasteiger partial charge in [-0.25, -0.2) is 8.42 Å². The van der Waals surface area contributed by atoms with E-state index in [0.717, 1.165) is 38.6 Å². The summed E-state index contributed by atoms with van der Waals surface area (Å²) < 4.78 is 23.8. The first kappa shape index (κ1) is 12.3. The fraction of sp³-hybridized carbons (Fsp3) is 1.00. The SMILES string of the molecule is O=S1(=O)CCCCC1CC1(CO)CCCN1. The van der Waals surface area contributed by atoms with Crippen molar-refractivity contribution in [2.45, 2.75) is 49.3 Å². The van der Waals surface area contributed by atoms with Crippen LogP contribution in [0.4, 0.5) is 0 Å². The lowest BCUT2D eigenvalue weighted by atomic mass is 9.91. The van der Waals surface area contributed by atoms with E-state index in [-0.39, 0.29) is 17.4 Å². The number of hydrogen-bond acceptors (Lipinski definition) is 4. The van der Waals surface area contributed by atoms with Gasteiger partial charge in [0.15, 0.2) is 9.84 Å². The van der Waals surface area contributed by atoms with Crippen LogP contribution in [0.1, 0.15) is 38.5 Å². The molecule has 2 fully saturated rings. The van der Waals surface area contributed by atoms with E-state index >= 15 is 0 Å². The van der Waals surface area contributed by atoms with Crippen molar-refractivity contribution in [1.29, 1.82) is 0 Å². The molecule has 0 aromatic rings. The molecule has 94 valence electrons. The van der Waals surface area contributed by atoms with Crippen LogP contribution in [0, 0.1) is 0 Å². The summed E-state index contributed by atoms with van der Waals surface area (Å²) in [7, 11) is -2.91. The van der Waals surface area contributed by atoms with Gasteiger partial charge in [-0.1, -0.05) is 6.42 Å². The molecule has 0 radical (unpaired) electrons. The maximum atomic E-state index is 11.9. The Morgan fingerprint density at radius 1 is 1.31 bits per heavy atom. The lowest BCUT2D eigenvalue weighted by Crippen LogP contribution is -2.48. The van der Waals surface area contributed by atoms with Crippen molar-refractivity contribution in [1.82, 2.24) is 5.32 Å². The highest BCUT2D eigenvalue weighted by Crippen LogP contribution is 2.31. The quantitative estimate of drug-likeness (QED) is 0.760. The van der Waals surface area contributed by atoms with Gasteiger partial charge in [0.05, 0.1) is 17.6 Å². The minimum absolute atomic E-state index is 0.0546. The zero-order valence-corrected chi connectivity index (χ0v) is 10.4. The lowest BCUT2D eigenvalue weighted by molar-refractivity contribution is 0.166. The van der Waals surface area contributed by atoms with Crippen LogP contribution in [0.5, 0.6) is 0 Å². The predicted molar refractivity (Wildman–Crippen MR) is 63.1 cm³/mol. The monoisotopic (exact) mass is 247 g/mol. The zero-order valence-electron chi connectivity index (χ0n) is 9.61. The third kappa shape index (κ3) is 2.41. The van der Waals surface area contributed by atoms with Gasteiger partial charge >= 0.3 is 0 Å². The Kier molecular flexibility index (Phi) is 3.56. The first-order chi connectivity index (χ1) is 7.58. The molecule has 2 aliphatic heterocycles. The lowest BCUT2D eigenvalue weighted by Gasteiger charge is -2.33. The highest BCUT2D eigenvalue weighted by atomic mass is 32.2. The first-order valence-corrected chi connectivity index (χ1v) is 7.87. The molecule has 2 rings (SSSR count). The number of hydrogen-bond donors (Lipinski definition) is 2. The highest BCUT2D eigenvalue weighted by Gasteiger charge is 2.40. The van der Waals surface area contributed by atoms with Crippen molar-refractivity contribution in [2.75, 3.05) is 18.9 Å². The van der Waals surface area contributed by atoms with Gasteiger partial charge in [0.2, 0.25) is 0 Å². The van der Waals surface area contributed by atoms with Gasteiger partial charge in [0, 0.05) is 5.54 Å². The van der Waals surface area contributed by atoms with Crippen LogP contribution >= 0.6 is 0 Å². The molecule has 0 aromatic heterocycles. The van der Waals surface area contributed by atoms with Gasteiger partial charge in [-0.3, -0.25) is 0 Å². The van der Waals surface area contributed by atoms with Gasteiger partial charge in [-0.2, -0.15) is 0 Å². The third-order valence-corrected chi connectivity index (χ3v) is 6.24. The van der Waals surface area contributed by atoms with E-state index in [1.54, 1.807) is 0 Å². The molecule has 4 nitrogen and oxygen atoms in total. The molecule has 2 heterocycles. The molecular weight excluding hydrogens is 226 g/mol. The second-order valence-corrected chi connectivity index (χ2v) is 7.56. The van der Waals surface area contributed by atoms with Crippen LogP contribution in [0.15, 0.2) is 0 Å². The van der Waals surface area contributed by atoms with E-state index in [0.29, 0.717) is 12.2 Å². The van der Waals surface area contributed by atoms with Crippen LogP contribution in [-0.4, -0.2) is 43.2 Å². The van der Waals surface area contributed by atoms with E-state index in [1.807, 2.05) is 0 Å². The summed E-state index contributed by atoms with van der Waals surface area (Å²) in [5.41, 5.74) is -0.324. The number of rotatable bonds is 3.